The predicted octanol–water partition coefficient (Wildman–Crippen LogP) is -1.73. The quantitative estimate of drug-likeness (QED) is 0.390. The van der Waals surface area contributed by atoms with Crippen molar-refractivity contribution in [1.29, 1.82) is 0 Å². The van der Waals surface area contributed by atoms with Crippen molar-refractivity contribution < 1.29 is 48.4 Å². The Morgan fingerprint density at radius 2 is 1.93 bits per heavy atom. The van der Waals surface area contributed by atoms with E-state index in [4.69, 9.17) is 16.5 Å². The third kappa shape index (κ3) is 5.37. The number of phosphoric ester groups is 1. The molecule has 0 heterocycles. The fraction of sp³-hybridized carbons (Fsp3) is 0.143. The molecule has 0 amide bonds. The number of phosphoric acid groups is 1. The molecule has 0 aliphatic heterocycles. The van der Waals surface area contributed by atoms with Gasteiger partial charge in [0.2, 0.25) is 0 Å². The SMILES string of the molecule is O=P([O-])(O)Oc1ccc(CCl)cc1.[Na+]. The predicted molar refractivity (Wildman–Crippen MR) is 46.5 cm³/mol. The van der Waals surface area contributed by atoms with Crippen molar-refractivity contribution in [3.8, 4) is 5.75 Å². The van der Waals surface area contributed by atoms with Gasteiger partial charge < -0.3 is 14.3 Å². The zero-order chi connectivity index (χ0) is 9.90. The minimum atomic E-state index is -4.69. The first-order chi connectivity index (χ1) is 6.01. The van der Waals surface area contributed by atoms with Crippen LogP contribution in [0.2, 0.25) is 0 Å². The number of alkyl halides is 1. The second-order valence-corrected chi connectivity index (χ2v) is 3.72. The van der Waals surface area contributed by atoms with Crippen molar-refractivity contribution in [3.05, 3.63) is 29.8 Å². The summed E-state index contributed by atoms with van der Waals surface area (Å²) in [6.45, 7) is 0. The molecule has 0 spiro atoms. The molecule has 1 rings (SSSR count). The molecule has 4 nitrogen and oxygen atoms in total. The molecule has 1 aromatic carbocycles. The summed E-state index contributed by atoms with van der Waals surface area (Å²) in [6, 6.07) is 6.05. The van der Waals surface area contributed by atoms with E-state index in [0.717, 1.165) is 5.56 Å². The maximum absolute atomic E-state index is 10.3. The molecule has 0 bridgehead atoms. The van der Waals surface area contributed by atoms with Crippen LogP contribution in [0, 0.1) is 0 Å². The molecular weight excluding hydrogens is 237 g/mol. The molecule has 1 atom stereocenters. The van der Waals surface area contributed by atoms with Gasteiger partial charge in [-0.3, -0.25) is 4.57 Å². The average molecular weight is 245 g/mol. The van der Waals surface area contributed by atoms with Gasteiger partial charge in [-0.05, 0) is 17.7 Å². The Morgan fingerprint density at radius 3 is 2.29 bits per heavy atom. The van der Waals surface area contributed by atoms with Gasteiger partial charge in [-0.2, -0.15) is 0 Å². The van der Waals surface area contributed by atoms with Gasteiger partial charge in [0.1, 0.15) is 5.75 Å². The summed E-state index contributed by atoms with van der Waals surface area (Å²) in [5.74, 6) is 0.406. The van der Waals surface area contributed by atoms with Gasteiger partial charge in [0.25, 0.3) is 0 Å². The molecule has 0 saturated heterocycles. The van der Waals surface area contributed by atoms with Crippen LogP contribution in [0.1, 0.15) is 5.56 Å². The first-order valence-electron chi connectivity index (χ1n) is 3.39. The Kier molecular flexibility index (Phi) is 6.33. The zero-order valence-electron chi connectivity index (χ0n) is 7.51. The van der Waals surface area contributed by atoms with E-state index in [0.29, 0.717) is 5.88 Å². The van der Waals surface area contributed by atoms with Crippen molar-refractivity contribution in [2.24, 2.45) is 0 Å². The van der Waals surface area contributed by atoms with Gasteiger partial charge in [0.05, 0.1) is 0 Å². The van der Waals surface area contributed by atoms with Gasteiger partial charge in [-0.15, -0.1) is 11.6 Å². The second-order valence-electron chi connectivity index (χ2n) is 2.34. The van der Waals surface area contributed by atoms with Gasteiger partial charge in [-0.1, -0.05) is 12.1 Å². The van der Waals surface area contributed by atoms with Gasteiger partial charge in [0, 0.05) is 5.88 Å². The fourth-order valence-corrected chi connectivity index (χ4v) is 1.34. The van der Waals surface area contributed by atoms with Crippen molar-refractivity contribution in [2.75, 3.05) is 0 Å². The van der Waals surface area contributed by atoms with Crippen LogP contribution in [0.3, 0.4) is 0 Å². The van der Waals surface area contributed by atoms with E-state index >= 15 is 0 Å². The molecule has 0 saturated carbocycles. The van der Waals surface area contributed by atoms with E-state index in [2.05, 4.69) is 4.52 Å². The maximum Gasteiger partial charge on any atom is 1.00 e. The van der Waals surface area contributed by atoms with Crippen LogP contribution in [0.5, 0.6) is 5.75 Å². The molecule has 72 valence electrons. The molecule has 7 heteroatoms. The molecule has 0 aliphatic carbocycles. The molecule has 0 fully saturated rings. The summed E-state index contributed by atoms with van der Waals surface area (Å²) in [6.07, 6.45) is 0. The van der Waals surface area contributed by atoms with Crippen LogP contribution in [0.15, 0.2) is 24.3 Å². The van der Waals surface area contributed by atoms with E-state index in [9.17, 15) is 9.46 Å². The smallest absolute Gasteiger partial charge is 0.746 e. The van der Waals surface area contributed by atoms with Crippen molar-refractivity contribution in [3.63, 3.8) is 0 Å². The van der Waals surface area contributed by atoms with Gasteiger partial charge in [-0.25, -0.2) is 0 Å². The van der Waals surface area contributed by atoms with E-state index in [-0.39, 0.29) is 35.3 Å². The van der Waals surface area contributed by atoms with Crippen LogP contribution in [-0.2, 0) is 10.4 Å². The Morgan fingerprint density at radius 1 is 1.43 bits per heavy atom. The summed E-state index contributed by atoms with van der Waals surface area (Å²) in [5, 5.41) is 0. The van der Waals surface area contributed by atoms with Crippen LogP contribution in [-0.4, -0.2) is 4.89 Å². The molecule has 0 aliphatic rings. The van der Waals surface area contributed by atoms with Crippen molar-refractivity contribution in [1.82, 2.24) is 0 Å². The molecular formula is C7H7ClNaO4P. The fourth-order valence-electron chi connectivity index (χ4n) is 0.773. The van der Waals surface area contributed by atoms with E-state index in [1.165, 1.54) is 12.1 Å². The third-order valence-corrected chi connectivity index (χ3v) is 2.05. The number of rotatable bonds is 3. The van der Waals surface area contributed by atoms with Crippen LogP contribution >= 0.6 is 19.4 Å². The summed E-state index contributed by atoms with van der Waals surface area (Å²) in [5.41, 5.74) is 0.840. The standard InChI is InChI=1S/C7H8ClO4P.Na/c8-5-6-1-3-7(4-2-6)12-13(9,10)11;/h1-4H,5H2,(H2,9,10,11);/q;+1/p-1. The summed E-state index contributed by atoms with van der Waals surface area (Å²) in [7, 11) is -4.69. The van der Waals surface area contributed by atoms with Gasteiger partial charge in [0.15, 0.2) is 0 Å². The largest absolute Gasteiger partial charge is 1.00 e. The normalized spacial score (nSPS) is 13.9. The zero-order valence-corrected chi connectivity index (χ0v) is 11.2. The molecule has 1 N–H and O–H groups in total. The summed E-state index contributed by atoms with van der Waals surface area (Å²) >= 11 is 5.51. The molecule has 0 radical (unpaired) electrons. The molecule has 0 aromatic heterocycles. The number of benzene rings is 1. The minimum Gasteiger partial charge on any atom is -0.746 e. The third-order valence-electron chi connectivity index (χ3n) is 1.30. The van der Waals surface area contributed by atoms with Gasteiger partial charge >= 0.3 is 37.4 Å². The number of hydrogen-bond acceptors (Lipinski definition) is 3. The molecule has 1 unspecified atom stereocenters. The molecule has 14 heavy (non-hydrogen) atoms. The average Bonchev–Trinajstić information content (AvgIpc) is 2.03. The number of hydrogen-bond donors (Lipinski definition) is 1. The van der Waals surface area contributed by atoms with E-state index < -0.39 is 7.82 Å². The van der Waals surface area contributed by atoms with Crippen LogP contribution < -0.4 is 39.0 Å². The molecule has 1 aromatic rings. The van der Waals surface area contributed by atoms with Crippen LogP contribution in [0.4, 0.5) is 0 Å². The van der Waals surface area contributed by atoms with E-state index in [1.807, 2.05) is 0 Å². The Bertz CT molecular complexity index is 323. The van der Waals surface area contributed by atoms with Crippen LogP contribution in [0.25, 0.3) is 0 Å². The topological polar surface area (TPSA) is 69.6 Å². The Balaban J connectivity index is 0.00000169. The van der Waals surface area contributed by atoms with Crippen molar-refractivity contribution in [2.45, 2.75) is 5.88 Å². The summed E-state index contributed by atoms with van der Waals surface area (Å²) < 4.78 is 14.5. The Hall–Kier alpha value is 0.460. The first kappa shape index (κ1) is 14.5. The number of halogens is 1. The summed E-state index contributed by atoms with van der Waals surface area (Å²) in [4.78, 5) is 18.6. The van der Waals surface area contributed by atoms with E-state index in [1.54, 1.807) is 12.1 Å². The first-order valence-corrected chi connectivity index (χ1v) is 5.42. The Labute approximate surface area is 109 Å². The maximum atomic E-state index is 10.3. The minimum absolute atomic E-state index is 0. The second kappa shape index (κ2) is 6.13. The monoisotopic (exact) mass is 244 g/mol. The van der Waals surface area contributed by atoms with Crippen molar-refractivity contribution >= 4 is 19.4 Å².